The number of benzene rings is 1. The van der Waals surface area contributed by atoms with Gasteiger partial charge in [0.25, 0.3) is 0 Å². The summed E-state index contributed by atoms with van der Waals surface area (Å²) in [5.74, 6) is 0.796. The Morgan fingerprint density at radius 1 is 1.08 bits per heavy atom. The number of aryl methyl sites for hydroxylation is 1. The van der Waals surface area contributed by atoms with Crippen LogP contribution in [-0.2, 0) is 4.79 Å². The highest BCUT2D eigenvalue weighted by molar-refractivity contribution is 5.93. The average molecular weight is 325 g/mol. The fraction of sp³-hybridized carbons (Fsp3) is 0.389. The van der Waals surface area contributed by atoms with Gasteiger partial charge >= 0.3 is 0 Å². The molecule has 1 fully saturated rings. The quantitative estimate of drug-likeness (QED) is 0.930. The van der Waals surface area contributed by atoms with E-state index in [-0.39, 0.29) is 5.91 Å². The van der Waals surface area contributed by atoms with Crippen LogP contribution in [0, 0.1) is 13.8 Å². The van der Waals surface area contributed by atoms with Crippen LogP contribution in [0.1, 0.15) is 11.1 Å². The van der Waals surface area contributed by atoms with Crippen molar-refractivity contribution in [3.63, 3.8) is 0 Å². The Balaban J connectivity index is 1.51. The van der Waals surface area contributed by atoms with Crippen LogP contribution in [0.4, 0.5) is 11.6 Å². The maximum Gasteiger partial charge on any atom is 0.238 e. The summed E-state index contributed by atoms with van der Waals surface area (Å²) in [6, 6.07) is 7.79. The summed E-state index contributed by atoms with van der Waals surface area (Å²) in [4.78, 5) is 25.2. The third kappa shape index (κ3) is 3.89. The molecular formula is C18H23N5O. The first-order valence-corrected chi connectivity index (χ1v) is 8.24. The van der Waals surface area contributed by atoms with Gasteiger partial charge in [0.15, 0.2) is 0 Å². The number of hydrogen-bond donors (Lipinski definition) is 1. The monoisotopic (exact) mass is 325 g/mol. The highest BCUT2D eigenvalue weighted by Crippen LogP contribution is 2.18. The van der Waals surface area contributed by atoms with Gasteiger partial charge in [0.1, 0.15) is 0 Å². The highest BCUT2D eigenvalue weighted by atomic mass is 16.2. The Labute approximate surface area is 142 Å². The first-order chi connectivity index (χ1) is 11.6. The number of aromatic nitrogens is 2. The molecule has 6 heteroatoms. The van der Waals surface area contributed by atoms with Gasteiger partial charge in [-0.3, -0.25) is 9.69 Å². The van der Waals surface area contributed by atoms with Crippen LogP contribution in [0.25, 0.3) is 0 Å². The second kappa shape index (κ2) is 7.40. The number of carbonyl (C=O) groups excluding carboxylic acids is 1. The zero-order valence-corrected chi connectivity index (χ0v) is 14.2. The molecule has 3 rings (SSSR count). The fourth-order valence-corrected chi connectivity index (χ4v) is 2.84. The summed E-state index contributed by atoms with van der Waals surface area (Å²) in [7, 11) is 0. The normalized spacial score (nSPS) is 15.3. The van der Waals surface area contributed by atoms with E-state index in [9.17, 15) is 4.79 Å². The number of amides is 1. The Morgan fingerprint density at radius 3 is 2.50 bits per heavy atom. The molecule has 0 spiro atoms. The van der Waals surface area contributed by atoms with Crippen molar-refractivity contribution < 1.29 is 4.79 Å². The summed E-state index contributed by atoms with van der Waals surface area (Å²) in [6.07, 6.45) is 3.51. The van der Waals surface area contributed by atoms with E-state index < -0.39 is 0 Å². The van der Waals surface area contributed by atoms with Crippen LogP contribution in [-0.4, -0.2) is 53.5 Å². The molecule has 0 aliphatic carbocycles. The molecule has 1 aromatic carbocycles. The molecule has 6 nitrogen and oxygen atoms in total. The maximum atomic E-state index is 12.3. The molecule has 1 saturated heterocycles. The van der Waals surface area contributed by atoms with Gasteiger partial charge in [0.2, 0.25) is 11.9 Å². The van der Waals surface area contributed by atoms with Crippen molar-refractivity contribution in [2.75, 3.05) is 42.9 Å². The van der Waals surface area contributed by atoms with Gasteiger partial charge in [-0.1, -0.05) is 12.1 Å². The van der Waals surface area contributed by atoms with Crippen LogP contribution < -0.4 is 10.2 Å². The van der Waals surface area contributed by atoms with Crippen LogP contribution in [0.15, 0.2) is 36.7 Å². The third-order valence-corrected chi connectivity index (χ3v) is 4.45. The van der Waals surface area contributed by atoms with Crippen molar-refractivity contribution in [2.24, 2.45) is 0 Å². The predicted octanol–water partition coefficient (Wildman–Crippen LogP) is 1.85. The minimum atomic E-state index is 0.0353. The zero-order chi connectivity index (χ0) is 16.9. The van der Waals surface area contributed by atoms with Crippen LogP contribution in [0.3, 0.4) is 0 Å². The summed E-state index contributed by atoms with van der Waals surface area (Å²) in [6.45, 7) is 7.83. The van der Waals surface area contributed by atoms with Crippen molar-refractivity contribution in [2.45, 2.75) is 13.8 Å². The lowest BCUT2D eigenvalue weighted by molar-refractivity contribution is -0.117. The van der Waals surface area contributed by atoms with Gasteiger partial charge in [0, 0.05) is 44.3 Å². The molecule has 1 aromatic heterocycles. The molecule has 1 aliphatic rings. The SMILES string of the molecule is Cc1cccc(NC(=O)CN2CCN(c3ncccn3)CC2)c1C. The fourth-order valence-electron chi connectivity index (χ4n) is 2.84. The average Bonchev–Trinajstić information content (AvgIpc) is 2.60. The first kappa shape index (κ1) is 16.4. The molecule has 0 unspecified atom stereocenters. The topological polar surface area (TPSA) is 61.4 Å². The minimum Gasteiger partial charge on any atom is -0.338 e. The van der Waals surface area contributed by atoms with E-state index in [0.717, 1.165) is 43.4 Å². The molecule has 0 atom stereocenters. The molecule has 1 N–H and O–H groups in total. The first-order valence-electron chi connectivity index (χ1n) is 8.24. The third-order valence-electron chi connectivity index (χ3n) is 4.45. The second-order valence-corrected chi connectivity index (χ2v) is 6.11. The minimum absolute atomic E-state index is 0.0353. The largest absolute Gasteiger partial charge is 0.338 e. The van der Waals surface area contributed by atoms with Crippen molar-refractivity contribution in [1.82, 2.24) is 14.9 Å². The Hall–Kier alpha value is -2.47. The number of hydrogen-bond acceptors (Lipinski definition) is 5. The molecule has 24 heavy (non-hydrogen) atoms. The number of nitrogens with one attached hydrogen (secondary N) is 1. The van der Waals surface area contributed by atoms with Crippen molar-refractivity contribution in [3.8, 4) is 0 Å². The van der Waals surface area contributed by atoms with Crippen LogP contribution in [0.2, 0.25) is 0 Å². The van der Waals surface area contributed by atoms with Crippen molar-refractivity contribution >= 4 is 17.5 Å². The van der Waals surface area contributed by atoms with Gasteiger partial charge in [-0.15, -0.1) is 0 Å². The van der Waals surface area contributed by atoms with E-state index in [0.29, 0.717) is 6.54 Å². The lowest BCUT2D eigenvalue weighted by atomic mass is 10.1. The van der Waals surface area contributed by atoms with E-state index in [1.165, 1.54) is 5.56 Å². The second-order valence-electron chi connectivity index (χ2n) is 6.11. The molecule has 2 heterocycles. The summed E-state index contributed by atoms with van der Waals surface area (Å²) in [5.41, 5.74) is 3.21. The lowest BCUT2D eigenvalue weighted by Gasteiger charge is -2.34. The molecule has 2 aromatic rings. The van der Waals surface area contributed by atoms with Crippen LogP contribution in [0.5, 0.6) is 0 Å². The van der Waals surface area contributed by atoms with E-state index in [4.69, 9.17) is 0 Å². The number of piperazine rings is 1. The Bertz CT molecular complexity index is 696. The standard InChI is InChI=1S/C18H23N5O/c1-14-5-3-6-16(15(14)2)21-17(24)13-22-9-11-23(12-10-22)18-19-7-4-8-20-18/h3-8H,9-13H2,1-2H3,(H,21,24). The van der Waals surface area contributed by atoms with Gasteiger partial charge in [-0.05, 0) is 37.1 Å². The summed E-state index contributed by atoms with van der Waals surface area (Å²) >= 11 is 0. The van der Waals surface area contributed by atoms with E-state index in [1.807, 2.05) is 25.1 Å². The molecule has 1 aliphatic heterocycles. The lowest BCUT2D eigenvalue weighted by Crippen LogP contribution is -2.49. The van der Waals surface area contributed by atoms with Gasteiger partial charge in [-0.25, -0.2) is 9.97 Å². The zero-order valence-electron chi connectivity index (χ0n) is 14.2. The van der Waals surface area contributed by atoms with Crippen molar-refractivity contribution in [3.05, 3.63) is 47.8 Å². The van der Waals surface area contributed by atoms with E-state index >= 15 is 0 Å². The summed E-state index contributed by atoms with van der Waals surface area (Å²) in [5, 5.41) is 3.02. The summed E-state index contributed by atoms with van der Waals surface area (Å²) < 4.78 is 0. The molecule has 0 saturated carbocycles. The smallest absolute Gasteiger partial charge is 0.238 e. The molecule has 1 amide bonds. The Morgan fingerprint density at radius 2 is 1.79 bits per heavy atom. The number of nitrogens with zero attached hydrogens (tertiary/aromatic N) is 4. The Kier molecular flexibility index (Phi) is 5.05. The van der Waals surface area contributed by atoms with Gasteiger partial charge in [-0.2, -0.15) is 0 Å². The van der Waals surface area contributed by atoms with Crippen molar-refractivity contribution in [1.29, 1.82) is 0 Å². The predicted molar refractivity (Wildman–Crippen MR) is 95.2 cm³/mol. The number of carbonyl (C=O) groups is 1. The van der Waals surface area contributed by atoms with Gasteiger partial charge < -0.3 is 10.2 Å². The molecule has 0 radical (unpaired) electrons. The highest BCUT2D eigenvalue weighted by Gasteiger charge is 2.20. The number of rotatable bonds is 4. The van der Waals surface area contributed by atoms with E-state index in [2.05, 4.69) is 38.1 Å². The maximum absolute atomic E-state index is 12.3. The molecule has 126 valence electrons. The van der Waals surface area contributed by atoms with Crippen LogP contribution >= 0.6 is 0 Å². The molecular weight excluding hydrogens is 302 g/mol. The molecule has 0 bridgehead atoms. The number of anilines is 2. The van der Waals surface area contributed by atoms with E-state index in [1.54, 1.807) is 12.4 Å². The van der Waals surface area contributed by atoms with Gasteiger partial charge in [0.05, 0.1) is 6.54 Å².